The Bertz CT molecular complexity index is 1460. The molecule has 0 aliphatic carbocycles. The van der Waals surface area contributed by atoms with Crippen LogP contribution in [0.5, 0.6) is 11.5 Å². The van der Waals surface area contributed by atoms with Gasteiger partial charge in [-0.15, -0.1) is 0 Å². The molecule has 2 amide bonds. The zero-order valence-electron chi connectivity index (χ0n) is 19.7. The van der Waals surface area contributed by atoms with Crippen molar-refractivity contribution in [2.75, 3.05) is 17.7 Å². The van der Waals surface area contributed by atoms with E-state index in [1.807, 2.05) is 25.1 Å². The van der Waals surface area contributed by atoms with Crippen molar-refractivity contribution < 1.29 is 26.9 Å². The van der Waals surface area contributed by atoms with Crippen LogP contribution in [0.25, 0.3) is 6.08 Å². The highest BCUT2D eigenvalue weighted by atomic mass is 32.2. The molecule has 184 valence electrons. The normalized spacial score (nSPS) is 11.2. The van der Waals surface area contributed by atoms with Gasteiger partial charge in [0.05, 0.1) is 7.11 Å². The fraction of sp³-hybridized carbons (Fsp3) is 0.115. The van der Waals surface area contributed by atoms with Gasteiger partial charge in [0.15, 0.2) is 11.5 Å². The van der Waals surface area contributed by atoms with Crippen molar-refractivity contribution in [2.24, 2.45) is 0 Å². The first-order valence-corrected chi connectivity index (χ1v) is 12.0. The van der Waals surface area contributed by atoms with Crippen molar-refractivity contribution >= 4 is 39.4 Å². The first-order chi connectivity index (χ1) is 17.1. The molecule has 3 rings (SSSR count). The van der Waals surface area contributed by atoms with Crippen LogP contribution in [0.15, 0.2) is 77.2 Å². The largest absolute Gasteiger partial charge is 0.493 e. The van der Waals surface area contributed by atoms with E-state index < -0.39 is 16.0 Å². The number of ether oxygens (including phenoxy) is 1. The Morgan fingerprint density at radius 1 is 0.917 bits per heavy atom. The van der Waals surface area contributed by atoms with Crippen molar-refractivity contribution in [3.63, 3.8) is 0 Å². The quantitative estimate of drug-likeness (QED) is 0.265. The predicted octanol–water partition coefficient (Wildman–Crippen LogP) is 4.28. The lowest BCUT2D eigenvalue weighted by Crippen LogP contribution is -2.13. The van der Waals surface area contributed by atoms with Crippen LogP contribution < -0.4 is 19.6 Å². The summed E-state index contributed by atoms with van der Waals surface area (Å²) in [6.45, 7) is 3.25. The fourth-order valence-electron chi connectivity index (χ4n) is 3.07. The monoisotopic (exact) mass is 505 g/mol. The number of aryl methyl sites for hydroxylation is 1. The first kappa shape index (κ1) is 26.0. The number of carbonyl (C=O) groups excluding carboxylic acids is 2. The Morgan fingerprint density at radius 2 is 1.53 bits per heavy atom. The van der Waals surface area contributed by atoms with Crippen LogP contribution in [0.2, 0.25) is 0 Å². The maximum absolute atomic E-state index is 12.8. The van der Waals surface area contributed by atoms with Crippen LogP contribution in [0.3, 0.4) is 0 Å². The van der Waals surface area contributed by atoms with Crippen molar-refractivity contribution in [3.05, 3.63) is 83.4 Å². The zero-order valence-corrected chi connectivity index (χ0v) is 20.5. The van der Waals surface area contributed by atoms with Crippen molar-refractivity contribution in [2.45, 2.75) is 18.7 Å². The van der Waals surface area contributed by atoms with Gasteiger partial charge >= 0.3 is 10.1 Å². The molecule has 0 aromatic heterocycles. The van der Waals surface area contributed by atoms with Crippen molar-refractivity contribution in [1.82, 2.24) is 0 Å². The Balaban J connectivity index is 1.86. The van der Waals surface area contributed by atoms with Gasteiger partial charge in [-0.2, -0.15) is 13.7 Å². The van der Waals surface area contributed by atoms with Gasteiger partial charge in [0.1, 0.15) is 16.5 Å². The minimum atomic E-state index is -4.26. The number of nitriles is 1. The van der Waals surface area contributed by atoms with E-state index in [2.05, 4.69) is 10.6 Å². The molecule has 3 aromatic carbocycles. The first-order valence-electron chi connectivity index (χ1n) is 10.6. The van der Waals surface area contributed by atoms with Gasteiger partial charge in [-0.05, 0) is 67.1 Å². The van der Waals surface area contributed by atoms with E-state index in [0.29, 0.717) is 16.9 Å². The number of methoxy groups -OCH3 is 1. The van der Waals surface area contributed by atoms with E-state index in [0.717, 1.165) is 5.56 Å². The van der Waals surface area contributed by atoms with Crippen LogP contribution in [-0.2, 0) is 19.7 Å². The van der Waals surface area contributed by atoms with Gasteiger partial charge in [0.2, 0.25) is 5.91 Å². The van der Waals surface area contributed by atoms with Crippen molar-refractivity contribution in [3.8, 4) is 17.6 Å². The SMILES string of the molecule is COc1ccc(/C=C(\C#N)C(=O)Nc2ccc(C)cc2)cc1OS(=O)(=O)c1ccc(NC(C)=O)cc1. The summed E-state index contributed by atoms with van der Waals surface area (Å²) in [6.07, 6.45) is 1.31. The lowest BCUT2D eigenvalue weighted by molar-refractivity contribution is -0.114. The molecule has 0 unspecified atom stereocenters. The highest BCUT2D eigenvalue weighted by molar-refractivity contribution is 7.87. The van der Waals surface area contributed by atoms with E-state index in [4.69, 9.17) is 8.92 Å². The van der Waals surface area contributed by atoms with E-state index in [9.17, 15) is 23.3 Å². The Hall–Kier alpha value is -4.62. The highest BCUT2D eigenvalue weighted by Crippen LogP contribution is 2.32. The summed E-state index contributed by atoms with van der Waals surface area (Å²) in [5, 5.41) is 14.7. The number of anilines is 2. The van der Waals surface area contributed by atoms with E-state index in [1.54, 1.807) is 18.2 Å². The smallest absolute Gasteiger partial charge is 0.339 e. The number of benzene rings is 3. The molecule has 0 atom stereocenters. The Kier molecular flexibility index (Phi) is 8.09. The summed E-state index contributed by atoms with van der Waals surface area (Å²) in [7, 11) is -2.91. The van der Waals surface area contributed by atoms with Crippen molar-refractivity contribution in [1.29, 1.82) is 5.26 Å². The summed E-state index contributed by atoms with van der Waals surface area (Å²) < 4.78 is 36.2. The fourth-order valence-corrected chi connectivity index (χ4v) is 4.01. The lowest BCUT2D eigenvalue weighted by atomic mass is 10.1. The highest BCUT2D eigenvalue weighted by Gasteiger charge is 2.20. The molecule has 0 radical (unpaired) electrons. The molecule has 0 aliphatic heterocycles. The molecule has 10 heteroatoms. The molecular weight excluding hydrogens is 482 g/mol. The summed E-state index contributed by atoms with van der Waals surface area (Å²) in [6, 6.07) is 18.7. The van der Waals surface area contributed by atoms with Gasteiger partial charge in [-0.1, -0.05) is 23.8 Å². The molecule has 0 fully saturated rings. The Morgan fingerprint density at radius 3 is 2.11 bits per heavy atom. The number of hydrogen-bond acceptors (Lipinski definition) is 7. The average Bonchev–Trinajstić information content (AvgIpc) is 2.83. The van der Waals surface area contributed by atoms with Crippen LogP contribution >= 0.6 is 0 Å². The third-order valence-corrected chi connectivity index (χ3v) is 6.08. The molecule has 0 saturated heterocycles. The molecule has 0 saturated carbocycles. The molecule has 36 heavy (non-hydrogen) atoms. The summed E-state index contributed by atoms with van der Waals surface area (Å²) >= 11 is 0. The third kappa shape index (κ3) is 6.71. The molecule has 3 aromatic rings. The number of nitrogens with one attached hydrogen (secondary N) is 2. The van der Waals surface area contributed by atoms with Crippen LogP contribution in [-0.4, -0.2) is 27.3 Å². The third-order valence-electron chi connectivity index (χ3n) is 4.84. The number of hydrogen-bond donors (Lipinski definition) is 2. The van der Waals surface area contributed by atoms with Gasteiger partial charge in [0, 0.05) is 18.3 Å². The molecule has 2 N–H and O–H groups in total. The average molecular weight is 506 g/mol. The van der Waals surface area contributed by atoms with Crippen LogP contribution in [0.4, 0.5) is 11.4 Å². The second kappa shape index (κ2) is 11.2. The molecule has 0 aliphatic rings. The van der Waals surface area contributed by atoms with Crippen LogP contribution in [0, 0.1) is 18.3 Å². The van der Waals surface area contributed by atoms with E-state index in [1.165, 1.54) is 56.5 Å². The van der Waals surface area contributed by atoms with E-state index in [-0.39, 0.29) is 27.9 Å². The maximum atomic E-state index is 12.8. The summed E-state index contributed by atoms with van der Waals surface area (Å²) in [5.74, 6) is -0.908. The van der Waals surface area contributed by atoms with Gasteiger partial charge < -0.3 is 19.6 Å². The zero-order chi connectivity index (χ0) is 26.3. The molecule has 0 spiro atoms. The number of nitrogens with zero attached hydrogens (tertiary/aromatic N) is 1. The standard InChI is InChI=1S/C26H23N3O6S/c1-17-4-7-22(8-5-17)29-26(31)20(16-27)14-19-6-13-24(34-3)25(15-19)35-36(32,33)23-11-9-21(10-12-23)28-18(2)30/h4-15H,1-3H3,(H,28,30)(H,29,31)/b20-14+. The molecule has 0 heterocycles. The minimum absolute atomic E-state index is 0.131. The number of rotatable bonds is 8. The van der Waals surface area contributed by atoms with Gasteiger partial charge in [0.25, 0.3) is 5.91 Å². The lowest BCUT2D eigenvalue weighted by Gasteiger charge is -2.12. The van der Waals surface area contributed by atoms with Crippen LogP contribution in [0.1, 0.15) is 18.1 Å². The maximum Gasteiger partial charge on any atom is 0.339 e. The second-order valence-corrected chi connectivity index (χ2v) is 9.19. The van der Waals surface area contributed by atoms with Gasteiger partial charge in [-0.3, -0.25) is 9.59 Å². The minimum Gasteiger partial charge on any atom is -0.493 e. The summed E-state index contributed by atoms with van der Waals surface area (Å²) in [4.78, 5) is 23.6. The Labute approximate surface area is 209 Å². The number of carbonyl (C=O) groups is 2. The van der Waals surface area contributed by atoms with E-state index >= 15 is 0 Å². The molecular formula is C26H23N3O6S. The van der Waals surface area contributed by atoms with Gasteiger partial charge in [-0.25, -0.2) is 0 Å². The topological polar surface area (TPSA) is 135 Å². The number of amides is 2. The summed E-state index contributed by atoms with van der Waals surface area (Å²) in [5.41, 5.74) is 2.13. The second-order valence-electron chi connectivity index (χ2n) is 7.64. The molecule has 9 nitrogen and oxygen atoms in total. The predicted molar refractivity (Wildman–Crippen MR) is 135 cm³/mol. The molecule has 0 bridgehead atoms.